The van der Waals surface area contributed by atoms with Gasteiger partial charge in [0.25, 0.3) is 5.91 Å². The molecule has 0 saturated carbocycles. The molecule has 1 amide bonds. The van der Waals surface area contributed by atoms with Crippen LogP contribution in [-0.4, -0.2) is 17.3 Å². The summed E-state index contributed by atoms with van der Waals surface area (Å²) in [6.45, 7) is 0.275. The smallest absolute Gasteiger partial charge is 0.406 e. The fourth-order valence-corrected chi connectivity index (χ4v) is 2.18. The van der Waals surface area contributed by atoms with Crippen LogP contribution in [-0.2, 0) is 6.54 Å². The molecule has 1 aliphatic heterocycles. The van der Waals surface area contributed by atoms with E-state index in [-0.39, 0.29) is 12.1 Å². The summed E-state index contributed by atoms with van der Waals surface area (Å²) in [6, 6.07) is 8.87. The quantitative estimate of drug-likeness (QED) is 0.854. The van der Waals surface area contributed by atoms with Gasteiger partial charge in [0, 0.05) is 11.8 Å². The first-order chi connectivity index (χ1) is 9.94. The van der Waals surface area contributed by atoms with Gasteiger partial charge in [0.2, 0.25) is 0 Å². The molecule has 7 heteroatoms. The first-order valence-corrected chi connectivity index (χ1v) is 6.05. The van der Waals surface area contributed by atoms with Gasteiger partial charge < -0.3 is 4.74 Å². The molecule has 0 aliphatic carbocycles. The highest BCUT2D eigenvalue weighted by molar-refractivity contribution is 6.09. The zero-order valence-electron chi connectivity index (χ0n) is 10.6. The molecule has 1 aromatic carbocycles. The van der Waals surface area contributed by atoms with Gasteiger partial charge in [-0.2, -0.15) is 0 Å². The van der Waals surface area contributed by atoms with Crippen LogP contribution in [0, 0.1) is 0 Å². The van der Waals surface area contributed by atoms with Crippen LogP contribution in [0.15, 0.2) is 42.6 Å². The molecule has 0 radical (unpaired) electrons. The van der Waals surface area contributed by atoms with E-state index in [1.807, 2.05) is 0 Å². The van der Waals surface area contributed by atoms with Crippen LogP contribution >= 0.6 is 0 Å². The minimum absolute atomic E-state index is 0.197. The van der Waals surface area contributed by atoms with E-state index in [1.54, 1.807) is 24.4 Å². The lowest BCUT2D eigenvalue weighted by Crippen LogP contribution is -2.23. The van der Waals surface area contributed by atoms with Gasteiger partial charge in [0.1, 0.15) is 11.6 Å². The molecule has 108 valence electrons. The van der Waals surface area contributed by atoms with Crippen molar-refractivity contribution >= 4 is 11.7 Å². The molecule has 3 rings (SSSR count). The van der Waals surface area contributed by atoms with E-state index in [1.165, 1.54) is 17.0 Å². The zero-order valence-corrected chi connectivity index (χ0v) is 10.6. The number of carbonyl (C=O) groups is 1. The lowest BCUT2D eigenvalue weighted by atomic mass is 10.1. The van der Waals surface area contributed by atoms with Crippen LogP contribution in [0.4, 0.5) is 19.0 Å². The number of anilines is 1. The third kappa shape index (κ3) is 2.67. The molecular weight excluding hydrogens is 285 g/mol. The maximum Gasteiger partial charge on any atom is 0.573 e. The summed E-state index contributed by atoms with van der Waals surface area (Å²) < 4.78 is 40.4. The fourth-order valence-electron chi connectivity index (χ4n) is 2.18. The standard InChI is InChI=1S/C14H9F3N2O2/c15-14(16,17)21-10-5-4-9-8-19(13(20)11(9)7-10)12-3-1-2-6-18-12/h1-7H,8H2. The average Bonchev–Trinajstić information content (AvgIpc) is 2.75. The van der Waals surface area contributed by atoms with Crippen LogP contribution in [0.5, 0.6) is 5.75 Å². The Labute approximate surface area is 117 Å². The lowest BCUT2D eigenvalue weighted by molar-refractivity contribution is -0.274. The normalized spacial score (nSPS) is 14.2. The predicted molar refractivity (Wildman–Crippen MR) is 67.9 cm³/mol. The summed E-state index contributed by atoms with van der Waals surface area (Å²) in [5.41, 5.74) is 0.836. The van der Waals surface area contributed by atoms with Crippen molar-refractivity contribution in [1.29, 1.82) is 0 Å². The first kappa shape index (κ1) is 13.4. The summed E-state index contributed by atoms with van der Waals surface area (Å²) in [4.78, 5) is 17.7. The van der Waals surface area contributed by atoms with Crippen molar-refractivity contribution in [2.45, 2.75) is 12.9 Å². The number of pyridine rings is 1. The molecular formula is C14H9F3N2O2. The maximum absolute atomic E-state index is 12.3. The van der Waals surface area contributed by atoms with Crippen LogP contribution in [0.3, 0.4) is 0 Å². The van der Waals surface area contributed by atoms with Crippen LogP contribution in [0.1, 0.15) is 15.9 Å². The minimum atomic E-state index is -4.78. The van der Waals surface area contributed by atoms with Crippen LogP contribution in [0.25, 0.3) is 0 Å². The molecule has 2 aromatic rings. The molecule has 0 atom stereocenters. The van der Waals surface area contributed by atoms with Gasteiger partial charge in [-0.25, -0.2) is 4.98 Å². The number of aromatic nitrogens is 1. The predicted octanol–water partition coefficient (Wildman–Crippen LogP) is 3.14. The van der Waals surface area contributed by atoms with E-state index < -0.39 is 18.0 Å². The second kappa shape index (κ2) is 4.76. The SMILES string of the molecule is O=C1c2cc(OC(F)(F)F)ccc2CN1c1ccccn1. The fraction of sp³-hybridized carbons (Fsp3) is 0.143. The van der Waals surface area contributed by atoms with Gasteiger partial charge in [-0.15, -0.1) is 13.2 Å². The third-order valence-electron chi connectivity index (χ3n) is 3.04. The second-order valence-electron chi connectivity index (χ2n) is 4.45. The van der Waals surface area contributed by atoms with Crippen LogP contribution < -0.4 is 9.64 Å². The highest BCUT2D eigenvalue weighted by atomic mass is 19.4. The molecule has 1 aliphatic rings. The summed E-state index contributed by atoms with van der Waals surface area (Å²) in [5, 5.41) is 0. The molecule has 0 N–H and O–H groups in total. The topological polar surface area (TPSA) is 42.4 Å². The van der Waals surface area contributed by atoms with E-state index in [0.29, 0.717) is 11.4 Å². The Morgan fingerprint density at radius 3 is 2.67 bits per heavy atom. The molecule has 0 unspecified atom stereocenters. The number of halogens is 3. The van der Waals surface area contributed by atoms with Gasteiger partial charge >= 0.3 is 6.36 Å². The number of alkyl halides is 3. The Bertz CT molecular complexity index is 686. The Morgan fingerprint density at radius 2 is 2.00 bits per heavy atom. The second-order valence-corrected chi connectivity index (χ2v) is 4.45. The largest absolute Gasteiger partial charge is 0.573 e. The van der Waals surface area contributed by atoms with Crippen molar-refractivity contribution in [3.63, 3.8) is 0 Å². The summed E-state index contributed by atoms with van der Waals surface area (Å²) >= 11 is 0. The van der Waals surface area contributed by atoms with E-state index in [0.717, 1.165) is 6.07 Å². The molecule has 1 aromatic heterocycles. The van der Waals surface area contributed by atoms with Gasteiger partial charge in [-0.05, 0) is 29.8 Å². The minimum Gasteiger partial charge on any atom is -0.406 e. The Morgan fingerprint density at radius 1 is 1.19 bits per heavy atom. The van der Waals surface area contributed by atoms with E-state index in [2.05, 4.69) is 9.72 Å². The number of nitrogens with zero attached hydrogens (tertiary/aromatic N) is 2. The lowest BCUT2D eigenvalue weighted by Gasteiger charge is -2.13. The van der Waals surface area contributed by atoms with Crippen molar-refractivity contribution in [2.24, 2.45) is 0 Å². The van der Waals surface area contributed by atoms with Gasteiger partial charge in [0.05, 0.1) is 6.54 Å². The number of rotatable bonds is 2. The zero-order chi connectivity index (χ0) is 15.0. The Hall–Kier alpha value is -2.57. The number of hydrogen-bond acceptors (Lipinski definition) is 3. The van der Waals surface area contributed by atoms with Crippen molar-refractivity contribution in [3.05, 3.63) is 53.7 Å². The average molecular weight is 294 g/mol. The number of ether oxygens (including phenoxy) is 1. The molecule has 0 spiro atoms. The third-order valence-corrected chi connectivity index (χ3v) is 3.04. The molecule has 0 fully saturated rings. The number of hydrogen-bond donors (Lipinski definition) is 0. The highest BCUT2D eigenvalue weighted by Crippen LogP contribution is 2.31. The van der Waals surface area contributed by atoms with Gasteiger partial charge in [-0.3, -0.25) is 9.69 Å². The van der Waals surface area contributed by atoms with Crippen molar-refractivity contribution in [3.8, 4) is 5.75 Å². The number of amides is 1. The summed E-state index contributed by atoms with van der Waals surface area (Å²) in [7, 11) is 0. The number of carbonyl (C=O) groups excluding carboxylic acids is 1. The number of benzene rings is 1. The first-order valence-electron chi connectivity index (χ1n) is 6.05. The van der Waals surface area contributed by atoms with E-state index >= 15 is 0 Å². The molecule has 2 heterocycles. The van der Waals surface area contributed by atoms with Crippen molar-refractivity contribution in [1.82, 2.24) is 4.98 Å². The molecule has 0 bridgehead atoms. The number of fused-ring (bicyclic) bond motifs is 1. The van der Waals surface area contributed by atoms with E-state index in [4.69, 9.17) is 0 Å². The maximum atomic E-state index is 12.3. The summed E-state index contributed by atoms with van der Waals surface area (Å²) in [6.07, 6.45) is -3.24. The van der Waals surface area contributed by atoms with E-state index in [9.17, 15) is 18.0 Å². The molecule has 21 heavy (non-hydrogen) atoms. The molecule has 0 saturated heterocycles. The summed E-state index contributed by atoms with van der Waals surface area (Å²) in [5.74, 6) is -0.342. The highest BCUT2D eigenvalue weighted by Gasteiger charge is 2.33. The van der Waals surface area contributed by atoms with Gasteiger partial charge in [-0.1, -0.05) is 12.1 Å². The Kier molecular flexibility index (Phi) is 3.04. The van der Waals surface area contributed by atoms with Crippen molar-refractivity contribution in [2.75, 3.05) is 4.90 Å². The molecule has 4 nitrogen and oxygen atoms in total. The van der Waals surface area contributed by atoms with Crippen molar-refractivity contribution < 1.29 is 22.7 Å². The van der Waals surface area contributed by atoms with Crippen LogP contribution in [0.2, 0.25) is 0 Å². The Balaban J connectivity index is 1.90. The monoisotopic (exact) mass is 294 g/mol. The van der Waals surface area contributed by atoms with Gasteiger partial charge in [0.15, 0.2) is 0 Å².